The number of benzene rings is 2. The van der Waals surface area contributed by atoms with Crippen LogP contribution >= 0.6 is 0 Å². The smallest absolute Gasteiger partial charge is 0.387 e. The second-order valence-electron chi connectivity index (χ2n) is 6.04. The van der Waals surface area contributed by atoms with Crippen LogP contribution in [-0.2, 0) is 9.53 Å². The summed E-state index contributed by atoms with van der Waals surface area (Å²) in [6.45, 7) is -2.99. The van der Waals surface area contributed by atoms with Crippen LogP contribution in [0.5, 0.6) is 28.7 Å². The standard InChI is InChI=1S/C21H19F2NO7/c1-26-15-8-11(5-6-14(15)30-21(22)23)7-13-20(25)31-19(24-13)12-9-16(27-2)18(29-4)17(10-12)28-3/h5-10,21H,1-4H3/b13-7-. The number of cyclic esters (lactones) is 1. The molecule has 10 heteroatoms. The van der Waals surface area contributed by atoms with E-state index in [9.17, 15) is 13.6 Å². The summed E-state index contributed by atoms with van der Waals surface area (Å²) in [7, 11) is 5.71. The molecule has 0 spiro atoms. The minimum Gasteiger partial charge on any atom is -0.493 e. The van der Waals surface area contributed by atoms with E-state index in [4.69, 9.17) is 23.7 Å². The number of ether oxygens (including phenoxy) is 6. The first-order valence-corrected chi connectivity index (χ1v) is 8.86. The average molecular weight is 435 g/mol. The van der Waals surface area contributed by atoms with E-state index in [0.717, 1.165) is 0 Å². The number of rotatable bonds is 8. The maximum absolute atomic E-state index is 12.5. The molecule has 0 atom stereocenters. The van der Waals surface area contributed by atoms with E-state index in [1.807, 2.05) is 0 Å². The molecule has 164 valence electrons. The minimum absolute atomic E-state index is 0.00772. The van der Waals surface area contributed by atoms with Gasteiger partial charge in [-0.15, -0.1) is 0 Å². The van der Waals surface area contributed by atoms with Gasteiger partial charge in [-0.25, -0.2) is 9.79 Å². The zero-order valence-corrected chi connectivity index (χ0v) is 17.1. The van der Waals surface area contributed by atoms with Crippen LogP contribution in [0.1, 0.15) is 11.1 Å². The van der Waals surface area contributed by atoms with Crippen LogP contribution in [0, 0.1) is 0 Å². The van der Waals surface area contributed by atoms with Crippen LogP contribution in [0.25, 0.3) is 6.08 Å². The van der Waals surface area contributed by atoms with Gasteiger partial charge in [0.1, 0.15) is 0 Å². The van der Waals surface area contributed by atoms with E-state index < -0.39 is 12.6 Å². The van der Waals surface area contributed by atoms with Crippen LogP contribution in [0.15, 0.2) is 41.0 Å². The van der Waals surface area contributed by atoms with Gasteiger partial charge in [0, 0.05) is 5.56 Å². The quantitative estimate of drug-likeness (QED) is 0.462. The Morgan fingerprint density at radius 2 is 1.55 bits per heavy atom. The maximum Gasteiger partial charge on any atom is 0.387 e. The minimum atomic E-state index is -2.99. The van der Waals surface area contributed by atoms with Gasteiger partial charge in [0.2, 0.25) is 11.6 Å². The van der Waals surface area contributed by atoms with Gasteiger partial charge in [0.25, 0.3) is 0 Å². The summed E-state index contributed by atoms with van der Waals surface area (Å²) >= 11 is 0. The van der Waals surface area contributed by atoms with E-state index in [1.54, 1.807) is 12.1 Å². The number of carbonyl (C=O) groups excluding carboxylic acids is 1. The monoisotopic (exact) mass is 435 g/mol. The zero-order valence-electron chi connectivity index (χ0n) is 17.1. The summed E-state index contributed by atoms with van der Waals surface area (Å²) in [5, 5.41) is 0. The Morgan fingerprint density at radius 1 is 0.903 bits per heavy atom. The number of hydrogen-bond donors (Lipinski definition) is 0. The number of esters is 1. The number of carbonyl (C=O) groups is 1. The number of aliphatic imine (C=N–C) groups is 1. The molecule has 0 N–H and O–H groups in total. The molecular weight excluding hydrogens is 416 g/mol. The largest absolute Gasteiger partial charge is 0.493 e. The molecule has 1 aliphatic heterocycles. The lowest BCUT2D eigenvalue weighted by molar-refractivity contribution is -0.129. The highest BCUT2D eigenvalue weighted by Crippen LogP contribution is 2.39. The Morgan fingerprint density at radius 3 is 2.10 bits per heavy atom. The molecule has 0 aliphatic carbocycles. The lowest BCUT2D eigenvalue weighted by Gasteiger charge is -2.13. The van der Waals surface area contributed by atoms with Crippen molar-refractivity contribution in [1.82, 2.24) is 0 Å². The van der Waals surface area contributed by atoms with Gasteiger partial charge in [0.15, 0.2) is 28.7 Å². The van der Waals surface area contributed by atoms with Gasteiger partial charge in [-0.05, 0) is 35.9 Å². The van der Waals surface area contributed by atoms with Gasteiger partial charge in [-0.3, -0.25) is 0 Å². The van der Waals surface area contributed by atoms with Crippen LogP contribution in [0.2, 0.25) is 0 Å². The number of methoxy groups -OCH3 is 4. The fourth-order valence-corrected chi connectivity index (χ4v) is 2.86. The first-order chi connectivity index (χ1) is 14.9. The first-order valence-electron chi connectivity index (χ1n) is 8.86. The summed E-state index contributed by atoms with van der Waals surface area (Å²) in [6.07, 6.45) is 1.43. The lowest BCUT2D eigenvalue weighted by Crippen LogP contribution is -2.07. The van der Waals surface area contributed by atoms with E-state index in [2.05, 4.69) is 9.73 Å². The second-order valence-corrected chi connectivity index (χ2v) is 6.04. The van der Waals surface area contributed by atoms with Crippen molar-refractivity contribution in [2.24, 2.45) is 4.99 Å². The van der Waals surface area contributed by atoms with Crippen LogP contribution in [0.3, 0.4) is 0 Å². The fourth-order valence-electron chi connectivity index (χ4n) is 2.86. The van der Waals surface area contributed by atoms with Crippen molar-refractivity contribution >= 4 is 17.9 Å². The molecule has 0 saturated carbocycles. The summed E-state index contributed by atoms with van der Waals surface area (Å²) in [5.74, 6) is 0.424. The second kappa shape index (κ2) is 9.33. The third kappa shape index (κ3) is 4.68. The zero-order chi connectivity index (χ0) is 22.5. The number of nitrogens with zero attached hydrogens (tertiary/aromatic N) is 1. The van der Waals surface area contributed by atoms with E-state index in [1.165, 1.54) is 52.7 Å². The molecule has 2 aromatic carbocycles. The molecular formula is C21H19F2NO7. The molecule has 0 saturated heterocycles. The predicted octanol–water partition coefficient (Wildman–Crippen LogP) is 3.67. The van der Waals surface area contributed by atoms with Gasteiger partial charge >= 0.3 is 12.6 Å². The van der Waals surface area contributed by atoms with Crippen molar-refractivity contribution in [3.05, 3.63) is 47.2 Å². The highest BCUT2D eigenvalue weighted by Gasteiger charge is 2.26. The Hall–Kier alpha value is -3.82. The Balaban J connectivity index is 1.96. The first kappa shape index (κ1) is 21.9. The molecule has 0 bridgehead atoms. The maximum atomic E-state index is 12.5. The van der Waals surface area contributed by atoms with Gasteiger partial charge in [-0.2, -0.15) is 8.78 Å². The Labute approximate surface area is 176 Å². The van der Waals surface area contributed by atoms with Crippen molar-refractivity contribution in [1.29, 1.82) is 0 Å². The molecule has 1 heterocycles. The highest BCUT2D eigenvalue weighted by atomic mass is 19.3. The van der Waals surface area contributed by atoms with Gasteiger partial charge in [-0.1, -0.05) is 6.07 Å². The van der Waals surface area contributed by atoms with Gasteiger partial charge < -0.3 is 28.4 Å². The van der Waals surface area contributed by atoms with Crippen molar-refractivity contribution in [3.63, 3.8) is 0 Å². The van der Waals surface area contributed by atoms with Crippen molar-refractivity contribution < 1.29 is 42.0 Å². The van der Waals surface area contributed by atoms with E-state index >= 15 is 0 Å². The van der Waals surface area contributed by atoms with Gasteiger partial charge in [0.05, 0.1) is 28.4 Å². The normalized spacial score (nSPS) is 14.4. The van der Waals surface area contributed by atoms with E-state index in [0.29, 0.717) is 28.4 Å². The Kier molecular flexibility index (Phi) is 6.58. The van der Waals surface area contributed by atoms with E-state index in [-0.39, 0.29) is 23.1 Å². The fraction of sp³-hybridized carbons (Fsp3) is 0.238. The van der Waals surface area contributed by atoms with Crippen molar-refractivity contribution in [3.8, 4) is 28.7 Å². The summed E-state index contributed by atoms with van der Waals surface area (Å²) in [6, 6.07) is 7.41. The average Bonchev–Trinajstić information content (AvgIpc) is 3.13. The number of alkyl halides is 2. The molecule has 0 unspecified atom stereocenters. The lowest BCUT2D eigenvalue weighted by atomic mass is 10.1. The summed E-state index contributed by atoms with van der Waals surface area (Å²) in [4.78, 5) is 16.5. The molecule has 1 aliphatic rings. The molecule has 0 amide bonds. The molecule has 31 heavy (non-hydrogen) atoms. The summed E-state index contributed by atoms with van der Waals surface area (Å²) in [5.41, 5.74) is 0.915. The third-order valence-electron chi connectivity index (χ3n) is 4.24. The van der Waals surface area contributed by atoms with Crippen molar-refractivity contribution in [2.75, 3.05) is 28.4 Å². The molecule has 3 rings (SSSR count). The summed E-state index contributed by atoms with van der Waals surface area (Å²) < 4.78 is 55.6. The number of halogens is 2. The highest BCUT2D eigenvalue weighted by molar-refractivity contribution is 6.13. The third-order valence-corrected chi connectivity index (χ3v) is 4.24. The molecule has 8 nitrogen and oxygen atoms in total. The number of hydrogen-bond acceptors (Lipinski definition) is 8. The molecule has 0 fully saturated rings. The molecule has 2 aromatic rings. The van der Waals surface area contributed by atoms with Crippen molar-refractivity contribution in [2.45, 2.75) is 6.61 Å². The SMILES string of the molecule is COc1cc(/C=C2\N=C(c3cc(OC)c(OC)c(OC)c3)OC2=O)ccc1OC(F)F. The topological polar surface area (TPSA) is 84.8 Å². The van der Waals surface area contributed by atoms with Crippen LogP contribution in [-0.4, -0.2) is 46.9 Å². The Bertz CT molecular complexity index is 1030. The molecule has 0 radical (unpaired) electrons. The molecule has 0 aromatic heterocycles. The van der Waals surface area contributed by atoms with Crippen LogP contribution in [0.4, 0.5) is 8.78 Å². The predicted molar refractivity (Wildman–Crippen MR) is 106 cm³/mol. The van der Waals surface area contributed by atoms with Crippen LogP contribution < -0.4 is 23.7 Å².